The Kier molecular flexibility index (Phi) is 5.23. The molecule has 3 heterocycles. The van der Waals surface area contributed by atoms with Crippen LogP contribution in [0.25, 0.3) is 0 Å². The molecule has 0 saturated carbocycles. The zero-order valence-electron chi connectivity index (χ0n) is 15.3. The fourth-order valence-corrected chi connectivity index (χ4v) is 3.67. The highest BCUT2D eigenvalue weighted by molar-refractivity contribution is 7.98. The molecule has 4 rings (SSSR count). The van der Waals surface area contributed by atoms with Gasteiger partial charge in [0.2, 0.25) is 0 Å². The van der Waals surface area contributed by atoms with Crippen molar-refractivity contribution < 1.29 is 9.47 Å². The minimum absolute atomic E-state index is 0.290. The highest BCUT2D eigenvalue weighted by atomic mass is 32.2. The van der Waals surface area contributed by atoms with Crippen LogP contribution in [0.5, 0.6) is 11.5 Å². The predicted molar refractivity (Wildman–Crippen MR) is 98.6 cm³/mol. The Hall–Kier alpha value is -2.62. The Labute approximate surface area is 161 Å². The first-order chi connectivity index (χ1) is 13.3. The van der Waals surface area contributed by atoms with Gasteiger partial charge < -0.3 is 14.0 Å². The minimum atomic E-state index is -0.290. The molecule has 0 N–H and O–H groups in total. The second-order valence-electron chi connectivity index (χ2n) is 6.22. The number of benzene rings is 1. The van der Waals surface area contributed by atoms with Gasteiger partial charge in [0.05, 0.1) is 5.75 Å². The summed E-state index contributed by atoms with van der Waals surface area (Å²) in [7, 11) is 1.93. The molecule has 0 saturated heterocycles. The summed E-state index contributed by atoms with van der Waals surface area (Å²) in [6.07, 6.45) is 1.87. The summed E-state index contributed by atoms with van der Waals surface area (Å²) in [5, 5.41) is 21.3. The quantitative estimate of drug-likeness (QED) is 0.571. The summed E-state index contributed by atoms with van der Waals surface area (Å²) >= 11 is 1.55. The van der Waals surface area contributed by atoms with E-state index in [-0.39, 0.29) is 6.10 Å². The van der Waals surface area contributed by atoms with Gasteiger partial charge in [-0.05, 0) is 29.0 Å². The number of ether oxygens (including phenoxy) is 2. The van der Waals surface area contributed by atoms with Gasteiger partial charge in [-0.25, -0.2) is 4.68 Å². The highest BCUT2D eigenvalue weighted by Crippen LogP contribution is 2.35. The molecule has 1 aliphatic heterocycles. The zero-order valence-corrected chi connectivity index (χ0v) is 16.1. The van der Waals surface area contributed by atoms with Gasteiger partial charge in [0.15, 0.2) is 34.4 Å². The van der Waals surface area contributed by atoms with E-state index in [2.05, 4.69) is 32.6 Å². The number of aromatic nitrogens is 7. The number of aryl methyl sites for hydroxylation is 1. The van der Waals surface area contributed by atoms with E-state index in [0.29, 0.717) is 12.4 Å². The molecule has 1 atom stereocenters. The smallest absolute Gasteiger partial charge is 0.192 e. The van der Waals surface area contributed by atoms with E-state index >= 15 is 0 Å². The summed E-state index contributed by atoms with van der Waals surface area (Å²) in [6.45, 7) is 3.38. The lowest BCUT2D eigenvalue weighted by Gasteiger charge is -2.25. The van der Waals surface area contributed by atoms with Crippen molar-refractivity contribution in [3.05, 3.63) is 35.9 Å². The first kappa shape index (κ1) is 17.8. The molecule has 9 nitrogen and oxygen atoms in total. The minimum Gasteiger partial charge on any atom is -0.485 e. The van der Waals surface area contributed by atoms with E-state index in [1.165, 1.54) is 0 Å². The summed E-state index contributed by atoms with van der Waals surface area (Å²) in [5.41, 5.74) is 0. The Morgan fingerprint density at radius 2 is 2.04 bits per heavy atom. The average Bonchev–Trinajstić information content (AvgIpc) is 3.30. The highest BCUT2D eigenvalue weighted by Gasteiger charge is 2.27. The van der Waals surface area contributed by atoms with Crippen LogP contribution in [0, 0.1) is 0 Å². The lowest BCUT2D eigenvalue weighted by atomic mass is 10.2. The summed E-state index contributed by atoms with van der Waals surface area (Å²) < 4.78 is 15.6. The third-order valence-corrected chi connectivity index (χ3v) is 5.34. The van der Waals surface area contributed by atoms with Crippen molar-refractivity contribution >= 4 is 11.8 Å². The number of fused-ring (bicyclic) bond motifs is 1. The van der Waals surface area contributed by atoms with Crippen molar-refractivity contribution in [2.24, 2.45) is 7.05 Å². The number of thioether (sulfide) groups is 1. The Bertz CT molecular complexity index is 910. The molecule has 0 amide bonds. The molecule has 3 aromatic rings. The van der Waals surface area contributed by atoms with E-state index in [4.69, 9.17) is 9.47 Å². The molecule has 10 heteroatoms. The van der Waals surface area contributed by atoms with Crippen molar-refractivity contribution in [2.45, 2.75) is 43.3 Å². The van der Waals surface area contributed by atoms with Crippen LogP contribution in [0.2, 0.25) is 0 Å². The molecule has 142 valence electrons. The first-order valence-electron chi connectivity index (χ1n) is 8.92. The van der Waals surface area contributed by atoms with Crippen LogP contribution in [0.15, 0.2) is 29.4 Å². The molecule has 0 aliphatic carbocycles. The second kappa shape index (κ2) is 7.95. The molecule has 1 aliphatic rings. The van der Waals surface area contributed by atoms with Gasteiger partial charge in [-0.15, -0.1) is 15.3 Å². The lowest BCUT2D eigenvalue weighted by Crippen LogP contribution is -2.24. The van der Waals surface area contributed by atoms with Crippen LogP contribution in [-0.2, 0) is 19.3 Å². The van der Waals surface area contributed by atoms with Gasteiger partial charge in [-0.1, -0.05) is 37.2 Å². The van der Waals surface area contributed by atoms with Crippen molar-refractivity contribution in [1.82, 2.24) is 35.0 Å². The number of unbranched alkanes of at least 4 members (excludes halogenated alkanes) is 1. The lowest BCUT2D eigenvalue weighted by molar-refractivity contribution is 0.0825. The summed E-state index contributed by atoms with van der Waals surface area (Å²) in [5.74, 6) is 3.68. The van der Waals surface area contributed by atoms with Crippen LogP contribution in [0.3, 0.4) is 0 Å². The zero-order chi connectivity index (χ0) is 18.6. The van der Waals surface area contributed by atoms with Gasteiger partial charge in [-0.2, -0.15) is 0 Å². The maximum absolute atomic E-state index is 6.03. The predicted octanol–water partition coefficient (Wildman–Crippen LogP) is 2.41. The second-order valence-corrected chi connectivity index (χ2v) is 7.17. The van der Waals surface area contributed by atoms with Gasteiger partial charge in [0.1, 0.15) is 6.61 Å². The molecule has 0 spiro atoms. The van der Waals surface area contributed by atoms with Crippen LogP contribution in [0.1, 0.15) is 37.5 Å². The van der Waals surface area contributed by atoms with Crippen LogP contribution < -0.4 is 9.47 Å². The standard InChI is InChI=1S/C17H21N7O2S/c1-3-4-9-24-15(18-21-22-24)11-27-17-20-19-16(23(17)2)14-10-25-12-7-5-6-8-13(12)26-14/h5-8,14H,3-4,9-11H2,1-2H3/t14-/m0/s1. The molecule has 0 unspecified atom stereocenters. The molecule has 0 fully saturated rings. The number of hydrogen-bond acceptors (Lipinski definition) is 8. The third-order valence-electron chi connectivity index (χ3n) is 4.33. The number of rotatable bonds is 7. The average molecular weight is 387 g/mol. The Balaban J connectivity index is 1.43. The normalized spacial score (nSPS) is 15.9. The molecular formula is C17H21N7O2S. The van der Waals surface area contributed by atoms with Gasteiger partial charge in [0, 0.05) is 13.6 Å². The number of tetrazole rings is 1. The first-order valence-corrected chi connectivity index (χ1v) is 9.90. The Morgan fingerprint density at radius 1 is 1.19 bits per heavy atom. The number of nitrogens with zero attached hydrogens (tertiary/aromatic N) is 7. The van der Waals surface area contributed by atoms with Crippen molar-refractivity contribution in [3.63, 3.8) is 0 Å². The topological polar surface area (TPSA) is 92.8 Å². The molecular weight excluding hydrogens is 366 g/mol. The van der Waals surface area contributed by atoms with E-state index in [1.807, 2.05) is 40.6 Å². The van der Waals surface area contributed by atoms with Gasteiger partial charge in [-0.3, -0.25) is 0 Å². The fourth-order valence-electron chi connectivity index (χ4n) is 2.82. The van der Waals surface area contributed by atoms with E-state index < -0.39 is 0 Å². The molecule has 0 radical (unpaired) electrons. The maximum atomic E-state index is 6.03. The van der Waals surface area contributed by atoms with E-state index in [0.717, 1.165) is 47.7 Å². The third kappa shape index (κ3) is 3.75. The van der Waals surface area contributed by atoms with Crippen molar-refractivity contribution in [2.75, 3.05) is 6.61 Å². The van der Waals surface area contributed by atoms with Gasteiger partial charge in [0.25, 0.3) is 0 Å². The largest absolute Gasteiger partial charge is 0.485 e. The van der Waals surface area contributed by atoms with Crippen molar-refractivity contribution in [1.29, 1.82) is 0 Å². The molecule has 1 aromatic carbocycles. The molecule has 2 aromatic heterocycles. The monoisotopic (exact) mass is 387 g/mol. The van der Waals surface area contributed by atoms with Gasteiger partial charge >= 0.3 is 0 Å². The molecule has 27 heavy (non-hydrogen) atoms. The van der Waals surface area contributed by atoms with Crippen molar-refractivity contribution in [3.8, 4) is 11.5 Å². The number of hydrogen-bond donors (Lipinski definition) is 0. The van der Waals surface area contributed by atoms with E-state index in [1.54, 1.807) is 11.8 Å². The summed E-state index contributed by atoms with van der Waals surface area (Å²) in [4.78, 5) is 0. The maximum Gasteiger partial charge on any atom is 0.192 e. The number of para-hydroxylation sites is 2. The van der Waals surface area contributed by atoms with E-state index in [9.17, 15) is 0 Å². The van der Waals surface area contributed by atoms with Crippen LogP contribution in [-0.4, -0.2) is 41.6 Å². The SMILES string of the molecule is CCCCn1nnnc1CSc1nnc([C@@H]2COc3ccccc3O2)n1C. The Morgan fingerprint density at radius 3 is 2.89 bits per heavy atom. The summed E-state index contributed by atoms with van der Waals surface area (Å²) in [6, 6.07) is 7.63. The van der Waals surface area contributed by atoms with Crippen LogP contribution in [0.4, 0.5) is 0 Å². The van der Waals surface area contributed by atoms with Crippen LogP contribution >= 0.6 is 11.8 Å². The molecule has 0 bridgehead atoms. The fraction of sp³-hybridized carbons (Fsp3) is 0.471.